The van der Waals surface area contributed by atoms with Crippen LogP contribution in [0.15, 0.2) is 36.7 Å². The molecule has 1 aromatic carbocycles. The van der Waals surface area contributed by atoms with Gasteiger partial charge in [-0.05, 0) is 37.8 Å². The van der Waals surface area contributed by atoms with Crippen LogP contribution in [0, 0.1) is 0 Å². The van der Waals surface area contributed by atoms with Crippen LogP contribution in [0.4, 0.5) is 11.8 Å². The molecule has 2 aliphatic heterocycles. The second kappa shape index (κ2) is 6.20. The van der Waals surface area contributed by atoms with Crippen molar-refractivity contribution in [3.05, 3.63) is 42.2 Å². The molecule has 2 aliphatic rings. The number of nitrogens with zero attached hydrogens (tertiary/aromatic N) is 5. The number of rotatable bonds is 2. The molecule has 0 aliphatic carbocycles. The Morgan fingerprint density at radius 3 is 2.70 bits per heavy atom. The van der Waals surface area contributed by atoms with E-state index in [1.165, 1.54) is 12.0 Å². The highest BCUT2D eigenvalue weighted by atomic mass is 15.3. The van der Waals surface area contributed by atoms with Crippen molar-refractivity contribution in [2.24, 2.45) is 0 Å². The molecule has 4 heterocycles. The van der Waals surface area contributed by atoms with Crippen LogP contribution in [0.5, 0.6) is 0 Å². The lowest BCUT2D eigenvalue weighted by atomic mass is 9.81. The predicted molar refractivity (Wildman–Crippen MR) is 107 cm³/mol. The Hall–Kier alpha value is -2.67. The van der Waals surface area contributed by atoms with Gasteiger partial charge in [0.25, 0.3) is 0 Å². The molecule has 0 amide bonds. The van der Waals surface area contributed by atoms with Gasteiger partial charge in [-0.15, -0.1) is 0 Å². The highest BCUT2D eigenvalue weighted by Gasteiger charge is 2.45. The number of H-pyrrole nitrogens is 1. The summed E-state index contributed by atoms with van der Waals surface area (Å²) in [7, 11) is 2.29. The first-order valence-electron chi connectivity index (χ1n) is 9.62. The highest BCUT2D eigenvalue weighted by Crippen LogP contribution is 2.44. The van der Waals surface area contributed by atoms with E-state index >= 15 is 0 Å². The first-order chi connectivity index (χ1) is 13.1. The maximum absolute atomic E-state index is 5.90. The van der Waals surface area contributed by atoms with E-state index in [-0.39, 0.29) is 11.5 Å². The van der Waals surface area contributed by atoms with Gasteiger partial charge in [0.2, 0.25) is 5.95 Å². The monoisotopic (exact) mass is 363 g/mol. The van der Waals surface area contributed by atoms with Gasteiger partial charge in [0.05, 0.1) is 6.33 Å². The topological polar surface area (TPSA) is 87.0 Å². The van der Waals surface area contributed by atoms with Gasteiger partial charge in [0.1, 0.15) is 5.52 Å². The minimum absolute atomic E-state index is 0.280. The second-order valence-electron chi connectivity index (χ2n) is 7.91. The van der Waals surface area contributed by atoms with Gasteiger partial charge in [0, 0.05) is 25.2 Å². The van der Waals surface area contributed by atoms with Gasteiger partial charge >= 0.3 is 0 Å². The fourth-order valence-electron chi connectivity index (χ4n) is 4.94. The Balaban J connectivity index is 1.36. The number of aromatic nitrogens is 4. The number of nitrogen functional groups attached to an aromatic ring is 1. The molecule has 0 bridgehead atoms. The number of benzene rings is 1. The van der Waals surface area contributed by atoms with Gasteiger partial charge in [-0.2, -0.15) is 9.97 Å². The van der Waals surface area contributed by atoms with Crippen molar-refractivity contribution in [1.29, 1.82) is 0 Å². The third kappa shape index (κ3) is 2.73. The van der Waals surface area contributed by atoms with E-state index in [2.05, 4.69) is 67.1 Å². The van der Waals surface area contributed by atoms with Crippen molar-refractivity contribution in [3.63, 3.8) is 0 Å². The summed E-state index contributed by atoms with van der Waals surface area (Å²) in [6.45, 7) is 3.07. The van der Waals surface area contributed by atoms with Crippen molar-refractivity contribution in [2.45, 2.75) is 30.7 Å². The van der Waals surface area contributed by atoms with Crippen molar-refractivity contribution in [1.82, 2.24) is 24.8 Å². The van der Waals surface area contributed by atoms with Crippen LogP contribution in [0.25, 0.3) is 11.2 Å². The summed E-state index contributed by atoms with van der Waals surface area (Å²) in [5.41, 5.74) is 9.16. The molecule has 3 N–H and O–H groups in total. The molecule has 27 heavy (non-hydrogen) atoms. The van der Waals surface area contributed by atoms with E-state index < -0.39 is 0 Å². The van der Waals surface area contributed by atoms with Crippen LogP contribution < -0.4 is 10.6 Å². The molecular weight excluding hydrogens is 338 g/mol. The van der Waals surface area contributed by atoms with Crippen LogP contribution in [0.1, 0.15) is 30.7 Å². The van der Waals surface area contributed by atoms with E-state index in [4.69, 9.17) is 5.73 Å². The summed E-state index contributed by atoms with van der Waals surface area (Å²) in [4.78, 5) is 21.0. The number of piperidine rings is 1. The minimum atomic E-state index is 0.280. The Morgan fingerprint density at radius 2 is 1.93 bits per heavy atom. The number of imidazole rings is 1. The standard InChI is InChI=1S/C20H25N7/c1-26-12-15(14-5-3-2-4-6-14)11-20(26)7-9-27(10-8-20)18-16-17(23-13-22-16)24-19(21)25-18/h2-6,13,15H,7-12H2,1H3,(H3,21,22,23,24,25)/t15-/m0/s1. The average Bonchev–Trinajstić information content (AvgIpc) is 3.28. The van der Waals surface area contributed by atoms with Crippen LogP contribution in [-0.2, 0) is 0 Å². The third-order valence-electron chi connectivity index (χ3n) is 6.48. The van der Waals surface area contributed by atoms with Crippen molar-refractivity contribution >= 4 is 22.9 Å². The van der Waals surface area contributed by atoms with E-state index in [1.54, 1.807) is 6.33 Å². The first-order valence-corrected chi connectivity index (χ1v) is 9.62. The molecule has 3 aromatic rings. The van der Waals surface area contributed by atoms with Gasteiger partial charge in [-0.25, -0.2) is 4.98 Å². The number of nitrogens with two attached hydrogens (primary N) is 1. The zero-order chi connectivity index (χ0) is 18.4. The lowest BCUT2D eigenvalue weighted by Gasteiger charge is -2.44. The normalized spacial score (nSPS) is 22.7. The summed E-state index contributed by atoms with van der Waals surface area (Å²) in [6.07, 6.45) is 5.15. The van der Waals surface area contributed by atoms with Crippen molar-refractivity contribution in [3.8, 4) is 0 Å². The molecule has 0 unspecified atom stereocenters. The fraction of sp³-hybridized carbons (Fsp3) is 0.450. The molecule has 140 valence electrons. The number of likely N-dealkylation sites (tertiary alicyclic amines) is 1. The Bertz CT molecular complexity index is 943. The molecular formula is C20H25N7. The summed E-state index contributed by atoms with van der Waals surface area (Å²) in [5, 5.41) is 0. The van der Waals surface area contributed by atoms with Crippen LogP contribution in [-0.4, -0.2) is 57.1 Å². The minimum Gasteiger partial charge on any atom is -0.368 e. The van der Waals surface area contributed by atoms with Crippen molar-refractivity contribution in [2.75, 3.05) is 37.3 Å². The molecule has 7 nitrogen and oxygen atoms in total. The van der Waals surface area contributed by atoms with E-state index in [0.717, 1.165) is 43.8 Å². The molecule has 2 fully saturated rings. The van der Waals surface area contributed by atoms with Crippen LogP contribution in [0.2, 0.25) is 0 Å². The molecule has 0 saturated carbocycles. The van der Waals surface area contributed by atoms with Gasteiger partial charge < -0.3 is 15.6 Å². The fourth-order valence-corrected chi connectivity index (χ4v) is 4.94. The molecule has 5 rings (SSSR count). The van der Waals surface area contributed by atoms with E-state index in [1.807, 2.05) is 0 Å². The summed E-state index contributed by atoms with van der Waals surface area (Å²) in [5.74, 6) is 1.79. The number of nitrogens with one attached hydrogen (secondary N) is 1. The second-order valence-corrected chi connectivity index (χ2v) is 7.91. The number of hydrogen-bond donors (Lipinski definition) is 2. The molecule has 2 saturated heterocycles. The zero-order valence-electron chi connectivity index (χ0n) is 15.6. The molecule has 7 heteroatoms. The molecule has 0 radical (unpaired) electrons. The van der Waals surface area contributed by atoms with Gasteiger partial charge in [-0.1, -0.05) is 30.3 Å². The zero-order valence-corrected chi connectivity index (χ0v) is 15.6. The van der Waals surface area contributed by atoms with Crippen molar-refractivity contribution < 1.29 is 0 Å². The quantitative estimate of drug-likeness (QED) is 0.727. The maximum Gasteiger partial charge on any atom is 0.224 e. The predicted octanol–water partition coefficient (Wildman–Crippen LogP) is 2.39. The largest absolute Gasteiger partial charge is 0.368 e. The summed E-state index contributed by atoms with van der Waals surface area (Å²) >= 11 is 0. The smallest absolute Gasteiger partial charge is 0.224 e. The Kier molecular flexibility index (Phi) is 3.79. The molecule has 2 aromatic heterocycles. The molecule has 1 spiro atoms. The average molecular weight is 363 g/mol. The maximum atomic E-state index is 5.90. The number of fused-ring (bicyclic) bond motifs is 1. The van der Waals surface area contributed by atoms with E-state index in [0.29, 0.717) is 11.6 Å². The Labute approximate surface area is 158 Å². The SMILES string of the molecule is CN1C[C@@H](c2ccccc2)CC12CCN(c1nc(N)nc3nc[nH]c13)CC2. The lowest BCUT2D eigenvalue weighted by molar-refractivity contribution is 0.137. The number of anilines is 2. The summed E-state index contributed by atoms with van der Waals surface area (Å²) in [6, 6.07) is 10.9. The summed E-state index contributed by atoms with van der Waals surface area (Å²) < 4.78 is 0. The molecule has 1 atom stereocenters. The van der Waals surface area contributed by atoms with Gasteiger partial charge in [0.15, 0.2) is 11.5 Å². The highest BCUT2D eigenvalue weighted by molar-refractivity contribution is 5.84. The Morgan fingerprint density at radius 1 is 1.15 bits per heavy atom. The van der Waals surface area contributed by atoms with Crippen LogP contribution >= 0.6 is 0 Å². The van der Waals surface area contributed by atoms with Gasteiger partial charge in [-0.3, -0.25) is 4.90 Å². The van der Waals surface area contributed by atoms with Crippen LogP contribution in [0.3, 0.4) is 0 Å². The first kappa shape index (κ1) is 16.5. The third-order valence-corrected chi connectivity index (χ3v) is 6.48. The number of aromatic amines is 1. The van der Waals surface area contributed by atoms with E-state index in [9.17, 15) is 0 Å². The number of likely N-dealkylation sites (N-methyl/N-ethyl adjacent to an activating group) is 1. The number of hydrogen-bond acceptors (Lipinski definition) is 6. The lowest BCUT2D eigenvalue weighted by Crippen LogP contribution is -2.51.